The van der Waals surface area contributed by atoms with Crippen molar-refractivity contribution in [3.05, 3.63) is 33.2 Å². The maximum atomic E-state index is 12.3. The van der Waals surface area contributed by atoms with E-state index >= 15 is 0 Å². The van der Waals surface area contributed by atoms with Crippen LogP contribution in [-0.2, 0) is 10.0 Å². The average molecular weight is 396 g/mol. The van der Waals surface area contributed by atoms with Crippen LogP contribution in [0.15, 0.2) is 38.1 Å². The van der Waals surface area contributed by atoms with E-state index in [0.29, 0.717) is 17.3 Å². The summed E-state index contributed by atoms with van der Waals surface area (Å²) in [5.41, 5.74) is 6.01. The van der Waals surface area contributed by atoms with E-state index in [2.05, 4.69) is 36.6 Å². The van der Waals surface area contributed by atoms with Gasteiger partial charge >= 0.3 is 0 Å². The Bertz CT molecular complexity index is 568. The summed E-state index contributed by atoms with van der Waals surface area (Å²) in [6, 6.07) is 3.16. The lowest BCUT2D eigenvalue weighted by Crippen LogP contribution is -2.33. The molecule has 1 aliphatic rings. The van der Waals surface area contributed by atoms with Gasteiger partial charge in [0.05, 0.1) is 5.69 Å². The molecule has 0 saturated heterocycles. The molecule has 3 N–H and O–H groups in total. The summed E-state index contributed by atoms with van der Waals surface area (Å²) >= 11 is 6.51. The van der Waals surface area contributed by atoms with Crippen molar-refractivity contribution in [2.24, 2.45) is 0 Å². The Morgan fingerprint density at radius 2 is 1.83 bits per heavy atom. The molecule has 0 aliphatic heterocycles. The van der Waals surface area contributed by atoms with Gasteiger partial charge < -0.3 is 5.73 Å². The molecule has 0 heterocycles. The number of hydrogen-bond donors (Lipinski definition) is 2. The molecule has 98 valence electrons. The first kappa shape index (κ1) is 14.0. The molecule has 0 atom stereocenters. The molecule has 0 saturated carbocycles. The van der Waals surface area contributed by atoms with Gasteiger partial charge in [-0.1, -0.05) is 28.1 Å². The summed E-state index contributed by atoms with van der Waals surface area (Å²) in [5.74, 6) is 0. The fourth-order valence-electron chi connectivity index (χ4n) is 1.86. The average Bonchev–Trinajstić information content (AvgIpc) is 2.66. The van der Waals surface area contributed by atoms with Crippen molar-refractivity contribution in [3.63, 3.8) is 0 Å². The molecule has 0 aromatic heterocycles. The minimum atomic E-state index is -3.60. The highest BCUT2D eigenvalue weighted by atomic mass is 79.9. The minimum Gasteiger partial charge on any atom is -0.398 e. The lowest BCUT2D eigenvalue weighted by molar-refractivity contribution is 0.557. The van der Waals surface area contributed by atoms with E-state index in [1.165, 1.54) is 0 Å². The third-order valence-corrected chi connectivity index (χ3v) is 5.62. The van der Waals surface area contributed by atoms with Crippen LogP contribution in [-0.4, -0.2) is 14.5 Å². The third kappa shape index (κ3) is 2.96. The lowest BCUT2D eigenvalue weighted by Gasteiger charge is -2.15. The van der Waals surface area contributed by atoms with E-state index in [1.807, 2.05) is 12.2 Å². The molecule has 4 nitrogen and oxygen atoms in total. The highest BCUT2D eigenvalue weighted by Crippen LogP contribution is 2.32. The van der Waals surface area contributed by atoms with Crippen molar-refractivity contribution in [1.82, 2.24) is 4.72 Å². The molecule has 1 aromatic carbocycles. The molecule has 0 fully saturated rings. The molecule has 1 aromatic rings. The summed E-state index contributed by atoms with van der Waals surface area (Å²) < 4.78 is 28.4. The van der Waals surface area contributed by atoms with Gasteiger partial charge in [-0.25, -0.2) is 13.1 Å². The maximum Gasteiger partial charge on any atom is 0.244 e. The van der Waals surface area contributed by atoms with Gasteiger partial charge in [0.2, 0.25) is 10.0 Å². The summed E-state index contributed by atoms with van der Waals surface area (Å²) in [6.45, 7) is 0. The predicted molar refractivity (Wildman–Crippen MR) is 78.7 cm³/mol. The second kappa shape index (κ2) is 5.32. The Kier molecular flexibility index (Phi) is 4.15. The summed E-state index contributed by atoms with van der Waals surface area (Å²) in [5, 5.41) is 0. The first-order chi connectivity index (χ1) is 8.40. The highest BCUT2D eigenvalue weighted by molar-refractivity contribution is 9.11. The summed E-state index contributed by atoms with van der Waals surface area (Å²) in [7, 11) is -3.60. The van der Waals surface area contributed by atoms with Crippen molar-refractivity contribution in [3.8, 4) is 0 Å². The zero-order valence-electron chi connectivity index (χ0n) is 9.36. The highest BCUT2D eigenvalue weighted by Gasteiger charge is 2.25. The first-order valence-corrected chi connectivity index (χ1v) is 8.39. The zero-order chi connectivity index (χ0) is 13.3. The van der Waals surface area contributed by atoms with Gasteiger partial charge in [0.25, 0.3) is 0 Å². The topological polar surface area (TPSA) is 72.2 Å². The van der Waals surface area contributed by atoms with E-state index in [1.54, 1.807) is 12.1 Å². The van der Waals surface area contributed by atoms with Crippen LogP contribution in [0, 0.1) is 0 Å². The monoisotopic (exact) mass is 394 g/mol. The van der Waals surface area contributed by atoms with Crippen molar-refractivity contribution >= 4 is 47.6 Å². The SMILES string of the molecule is Nc1cc(Br)cc(Br)c1S(=O)(=O)NC1CC=CC1. The Hall–Kier alpha value is -0.370. The maximum absolute atomic E-state index is 12.3. The van der Waals surface area contributed by atoms with Gasteiger partial charge in [-0.2, -0.15) is 0 Å². The van der Waals surface area contributed by atoms with Crippen LogP contribution in [0.1, 0.15) is 12.8 Å². The van der Waals surface area contributed by atoms with Crippen LogP contribution in [0.25, 0.3) is 0 Å². The van der Waals surface area contributed by atoms with Crippen molar-refractivity contribution in [2.45, 2.75) is 23.8 Å². The Balaban J connectivity index is 2.35. The van der Waals surface area contributed by atoms with Gasteiger partial charge in [0.15, 0.2) is 0 Å². The van der Waals surface area contributed by atoms with Crippen molar-refractivity contribution in [2.75, 3.05) is 5.73 Å². The van der Waals surface area contributed by atoms with Crippen LogP contribution < -0.4 is 10.5 Å². The third-order valence-electron chi connectivity index (χ3n) is 2.64. The lowest BCUT2D eigenvalue weighted by atomic mass is 10.3. The number of benzene rings is 1. The summed E-state index contributed by atoms with van der Waals surface area (Å²) in [4.78, 5) is 0.0950. The van der Waals surface area contributed by atoms with E-state index < -0.39 is 10.0 Å². The van der Waals surface area contributed by atoms with Crippen molar-refractivity contribution < 1.29 is 8.42 Å². The number of halogens is 2. The molecule has 7 heteroatoms. The minimum absolute atomic E-state index is 0.0788. The van der Waals surface area contributed by atoms with Gasteiger partial charge in [-0.15, -0.1) is 0 Å². The number of nitrogens with two attached hydrogens (primary N) is 1. The molecule has 0 bridgehead atoms. The zero-order valence-corrected chi connectivity index (χ0v) is 13.3. The number of sulfonamides is 1. The molecule has 0 spiro atoms. The van der Waals surface area contributed by atoms with Gasteiger partial charge in [-0.3, -0.25) is 0 Å². The first-order valence-electron chi connectivity index (χ1n) is 5.32. The molecular formula is C11H12Br2N2O2S. The van der Waals surface area contributed by atoms with Gasteiger partial charge in [0.1, 0.15) is 4.90 Å². The normalized spacial score (nSPS) is 16.3. The number of nitrogens with one attached hydrogen (secondary N) is 1. The Labute approximate surface area is 123 Å². The molecule has 0 unspecified atom stereocenters. The molecule has 18 heavy (non-hydrogen) atoms. The number of hydrogen-bond acceptors (Lipinski definition) is 3. The van der Waals surface area contributed by atoms with Crippen LogP contribution >= 0.6 is 31.9 Å². The summed E-state index contributed by atoms with van der Waals surface area (Å²) in [6.07, 6.45) is 5.36. The van der Waals surface area contributed by atoms with Gasteiger partial charge in [-0.05, 0) is 40.9 Å². The van der Waals surface area contributed by atoms with E-state index in [0.717, 1.165) is 4.47 Å². The van der Waals surface area contributed by atoms with Gasteiger partial charge in [0, 0.05) is 15.0 Å². The molecule has 2 rings (SSSR count). The van der Waals surface area contributed by atoms with E-state index in [-0.39, 0.29) is 16.6 Å². The Morgan fingerprint density at radius 1 is 1.22 bits per heavy atom. The van der Waals surface area contributed by atoms with E-state index in [4.69, 9.17) is 5.73 Å². The van der Waals surface area contributed by atoms with E-state index in [9.17, 15) is 8.42 Å². The molecule has 1 aliphatic carbocycles. The Morgan fingerprint density at radius 3 is 2.39 bits per heavy atom. The molecule has 0 amide bonds. The second-order valence-electron chi connectivity index (χ2n) is 4.07. The number of rotatable bonds is 3. The molecule has 0 radical (unpaired) electrons. The quantitative estimate of drug-likeness (QED) is 0.610. The fraction of sp³-hybridized carbons (Fsp3) is 0.273. The second-order valence-corrected chi connectivity index (χ2v) is 7.49. The molecular weight excluding hydrogens is 384 g/mol. The smallest absolute Gasteiger partial charge is 0.244 e. The largest absolute Gasteiger partial charge is 0.398 e. The number of nitrogen functional groups attached to an aromatic ring is 1. The van der Waals surface area contributed by atoms with Crippen LogP contribution in [0.4, 0.5) is 5.69 Å². The fourth-order valence-corrected chi connectivity index (χ4v) is 5.19. The van der Waals surface area contributed by atoms with Crippen molar-refractivity contribution in [1.29, 1.82) is 0 Å². The van der Waals surface area contributed by atoms with Crippen LogP contribution in [0.3, 0.4) is 0 Å². The van der Waals surface area contributed by atoms with Crippen LogP contribution in [0.5, 0.6) is 0 Å². The standard InChI is InChI=1S/C11H12Br2N2O2S/c12-7-5-9(13)11(10(14)6-7)18(16,17)15-8-3-1-2-4-8/h1-2,5-6,8,15H,3-4,14H2. The predicted octanol–water partition coefficient (Wildman–Crippen LogP) is 2.79. The number of anilines is 1. The van der Waals surface area contributed by atoms with Crippen LogP contribution in [0.2, 0.25) is 0 Å².